The standard InChI is InChI=1S/C6H8O5.Na/c7-4(3-6(10)11)1-2-5(8)9;/h1-3H2,(H,8,9)(H,10,11);/q;+1/p-1. The van der Waals surface area contributed by atoms with Gasteiger partial charge in [-0.25, -0.2) is 0 Å². The molecule has 6 heteroatoms. The van der Waals surface area contributed by atoms with E-state index in [0.717, 1.165) is 0 Å². The summed E-state index contributed by atoms with van der Waals surface area (Å²) in [6.07, 6.45) is -1.28. The molecule has 0 fully saturated rings. The number of carbonyl (C=O) groups excluding carboxylic acids is 2. The minimum absolute atomic E-state index is 0. The number of carbonyl (C=O) groups is 3. The number of Topliss-reactive ketones (excluding diaryl/α,β-unsaturated/α-hetero) is 1. The smallest absolute Gasteiger partial charge is 0.550 e. The number of hydrogen-bond acceptors (Lipinski definition) is 4. The first kappa shape index (κ1) is 14.2. The summed E-state index contributed by atoms with van der Waals surface area (Å²) in [7, 11) is 0. The van der Waals surface area contributed by atoms with Crippen LogP contribution in [0.25, 0.3) is 0 Å². The molecule has 0 radical (unpaired) electrons. The molecule has 62 valence electrons. The van der Waals surface area contributed by atoms with Crippen molar-refractivity contribution >= 4 is 17.7 Å². The van der Waals surface area contributed by atoms with E-state index in [9.17, 15) is 19.5 Å². The largest absolute Gasteiger partial charge is 1.00 e. The predicted octanol–water partition coefficient (Wildman–Crippen LogP) is -4.44. The van der Waals surface area contributed by atoms with Crippen molar-refractivity contribution in [1.29, 1.82) is 0 Å². The van der Waals surface area contributed by atoms with Gasteiger partial charge < -0.3 is 15.0 Å². The number of rotatable bonds is 5. The second-order valence-electron chi connectivity index (χ2n) is 1.98. The molecule has 0 aromatic carbocycles. The van der Waals surface area contributed by atoms with Gasteiger partial charge in [-0.05, 0) is 0 Å². The van der Waals surface area contributed by atoms with Crippen LogP contribution in [0.3, 0.4) is 0 Å². The Balaban J connectivity index is 0. The van der Waals surface area contributed by atoms with E-state index in [1.54, 1.807) is 0 Å². The van der Waals surface area contributed by atoms with Gasteiger partial charge in [0.05, 0.1) is 6.42 Å². The van der Waals surface area contributed by atoms with E-state index in [-0.39, 0.29) is 42.4 Å². The summed E-state index contributed by atoms with van der Waals surface area (Å²) in [5, 5.41) is 17.9. The van der Waals surface area contributed by atoms with E-state index in [1.165, 1.54) is 0 Å². The van der Waals surface area contributed by atoms with E-state index >= 15 is 0 Å². The molecule has 0 aliphatic carbocycles. The maximum Gasteiger partial charge on any atom is 1.00 e. The van der Waals surface area contributed by atoms with Crippen LogP contribution < -0.4 is 34.7 Å². The van der Waals surface area contributed by atoms with Crippen LogP contribution in [-0.4, -0.2) is 22.8 Å². The Kier molecular flexibility index (Phi) is 8.57. The molecular formula is C6H7NaO5. The Hall–Kier alpha value is -0.390. The number of hydrogen-bond donors (Lipinski definition) is 1. The molecule has 0 unspecified atom stereocenters. The second-order valence-corrected chi connectivity index (χ2v) is 1.98. The Morgan fingerprint density at radius 3 is 2.00 bits per heavy atom. The molecule has 0 amide bonds. The van der Waals surface area contributed by atoms with Crippen molar-refractivity contribution in [1.82, 2.24) is 0 Å². The molecule has 5 nitrogen and oxygen atoms in total. The molecule has 0 saturated carbocycles. The summed E-state index contributed by atoms with van der Waals surface area (Å²) in [6.45, 7) is 0. The van der Waals surface area contributed by atoms with E-state index < -0.39 is 24.1 Å². The van der Waals surface area contributed by atoms with Gasteiger partial charge in [-0.3, -0.25) is 9.59 Å². The van der Waals surface area contributed by atoms with Crippen molar-refractivity contribution in [3.8, 4) is 0 Å². The molecule has 0 saturated heterocycles. The maximum absolute atomic E-state index is 10.5. The SMILES string of the molecule is O=C([O-])CC(=O)CCC(=O)O.[Na+]. The van der Waals surface area contributed by atoms with Crippen LogP contribution >= 0.6 is 0 Å². The van der Waals surface area contributed by atoms with E-state index in [2.05, 4.69) is 0 Å². The molecule has 0 atom stereocenters. The summed E-state index contributed by atoms with van der Waals surface area (Å²) in [5.41, 5.74) is 0. The van der Waals surface area contributed by atoms with Crippen molar-refractivity contribution in [2.24, 2.45) is 0 Å². The molecular weight excluding hydrogens is 175 g/mol. The van der Waals surface area contributed by atoms with Gasteiger partial charge in [-0.15, -0.1) is 0 Å². The van der Waals surface area contributed by atoms with Crippen molar-refractivity contribution < 1.29 is 54.2 Å². The molecule has 1 N–H and O–H groups in total. The van der Waals surface area contributed by atoms with Gasteiger partial charge >= 0.3 is 35.5 Å². The van der Waals surface area contributed by atoms with E-state index in [4.69, 9.17) is 5.11 Å². The first-order valence-corrected chi connectivity index (χ1v) is 2.95. The molecule has 12 heavy (non-hydrogen) atoms. The second kappa shape index (κ2) is 7.27. The van der Waals surface area contributed by atoms with Crippen molar-refractivity contribution in [3.63, 3.8) is 0 Å². The van der Waals surface area contributed by atoms with Gasteiger partial charge in [-0.1, -0.05) is 0 Å². The molecule has 0 heterocycles. The van der Waals surface area contributed by atoms with Gasteiger partial charge in [0.2, 0.25) is 0 Å². The third-order valence-electron chi connectivity index (χ3n) is 0.959. The van der Waals surface area contributed by atoms with Crippen molar-refractivity contribution in [2.45, 2.75) is 19.3 Å². The Morgan fingerprint density at radius 1 is 1.17 bits per heavy atom. The van der Waals surface area contributed by atoms with E-state index in [1.807, 2.05) is 0 Å². The molecule has 0 aliphatic rings. The first-order chi connectivity index (χ1) is 5.02. The fraction of sp³-hybridized carbons (Fsp3) is 0.500. The first-order valence-electron chi connectivity index (χ1n) is 2.95. The van der Waals surface area contributed by atoms with Crippen molar-refractivity contribution in [3.05, 3.63) is 0 Å². The Bertz CT molecular complexity index is 188. The summed E-state index contributed by atoms with van der Waals surface area (Å²) < 4.78 is 0. The predicted molar refractivity (Wildman–Crippen MR) is 31.5 cm³/mol. The van der Waals surface area contributed by atoms with Gasteiger partial charge in [0.25, 0.3) is 0 Å². The number of ketones is 1. The normalized spacial score (nSPS) is 8.33. The van der Waals surface area contributed by atoms with Gasteiger partial charge in [0.1, 0.15) is 5.78 Å². The number of carboxylic acid groups (broad SMARTS) is 2. The fourth-order valence-electron chi connectivity index (χ4n) is 0.496. The molecule has 0 spiro atoms. The van der Waals surface area contributed by atoms with Crippen LogP contribution in [0, 0.1) is 0 Å². The monoisotopic (exact) mass is 182 g/mol. The zero-order valence-corrected chi connectivity index (χ0v) is 8.70. The van der Waals surface area contributed by atoms with Crippen LogP contribution in [0.5, 0.6) is 0 Å². The quantitative estimate of drug-likeness (QED) is 0.342. The third kappa shape index (κ3) is 9.61. The Labute approximate surface area is 91.1 Å². The average molecular weight is 182 g/mol. The number of aliphatic carboxylic acids is 2. The number of carboxylic acids is 2. The molecule has 0 aromatic rings. The van der Waals surface area contributed by atoms with Crippen LogP contribution in [0.15, 0.2) is 0 Å². The summed E-state index contributed by atoms with van der Waals surface area (Å²) in [5.74, 6) is -3.20. The Morgan fingerprint density at radius 2 is 1.67 bits per heavy atom. The molecule has 0 aromatic heterocycles. The van der Waals surface area contributed by atoms with Crippen LogP contribution in [0.2, 0.25) is 0 Å². The van der Waals surface area contributed by atoms with Crippen LogP contribution in [0.1, 0.15) is 19.3 Å². The van der Waals surface area contributed by atoms with Gasteiger partial charge in [0, 0.05) is 18.8 Å². The van der Waals surface area contributed by atoms with Gasteiger partial charge in [0.15, 0.2) is 0 Å². The zero-order valence-electron chi connectivity index (χ0n) is 6.70. The fourth-order valence-corrected chi connectivity index (χ4v) is 0.496. The average Bonchev–Trinajstić information content (AvgIpc) is 1.82. The van der Waals surface area contributed by atoms with Crippen LogP contribution in [0.4, 0.5) is 0 Å². The third-order valence-corrected chi connectivity index (χ3v) is 0.959. The molecule has 0 bridgehead atoms. The summed E-state index contributed by atoms with van der Waals surface area (Å²) >= 11 is 0. The zero-order chi connectivity index (χ0) is 8.85. The minimum atomic E-state index is -1.47. The summed E-state index contributed by atoms with van der Waals surface area (Å²) in [4.78, 5) is 30.1. The topological polar surface area (TPSA) is 94.5 Å². The van der Waals surface area contributed by atoms with Crippen molar-refractivity contribution in [2.75, 3.05) is 0 Å². The van der Waals surface area contributed by atoms with Crippen LogP contribution in [-0.2, 0) is 14.4 Å². The minimum Gasteiger partial charge on any atom is -0.550 e. The van der Waals surface area contributed by atoms with Gasteiger partial charge in [-0.2, -0.15) is 0 Å². The molecule has 0 aliphatic heterocycles. The maximum atomic E-state index is 10.5. The molecule has 0 rings (SSSR count). The van der Waals surface area contributed by atoms with E-state index in [0.29, 0.717) is 0 Å². The summed E-state index contributed by atoms with van der Waals surface area (Å²) in [6, 6.07) is 0.